The Morgan fingerprint density at radius 2 is 1.81 bits per heavy atom. The highest BCUT2D eigenvalue weighted by molar-refractivity contribution is 14.1. The minimum Gasteiger partial charge on any atom is -0.456 e. The molecule has 132 valence electrons. The number of carbonyl (C=O) groups excluding carboxylic acids is 2. The number of anilines is 1. The lowest BCUT2D eigenvalue weighted by atomic mass is 10.2. The highest BCUT2D eigenvalue weighted by atomic mass is 127. The van der Waals surface area contributed by atoms with E-state index in [0.717, 1.165) is 8.96 Å². The van der Waals surface area contributed by atoms with Crippen LogP contribution in [-0.2, 0) is 16.1 Å². The Morgan fingerprint density at radius 1 is 1.08 bits per heavy atom. The third-order valence-corrected chi connectivity index (χ3v) is 4.49. The molecular formula is C18H15IN4O3. The molecule has 0 spiro atoms. The van der Waals surface area contributed by atoms with Gasteiger partial charge in [-0.1, -0.05) is 24.3 Å². The maximum absolute atomic E-state index is 12.1. The molecule has 0 saturated heterocycles. The quantitative estimate of drug-likeness (QED) is 0.445. The molecule has 0 fully saturated rings. The maximum atomic E-state index is 12.1. The van der Waals surface area contributed by atoms with Crippen LogP contribution in [0.15, 0.2) is 48.5 Å². The number of para-hydroxylation sites is 1. The lowest BCUT2D eigenvalue weighted by molar-refractivity contribution is -0.143. The number of carbonyl (C=O) groups is 2. The van der Waals surface area contributed by atoms with E-state index in [1.54, 1.807) is 18.2 Å². The molecule has 1 heterocycles. The molecule has 3 aromatic rings. The number of nitrogens with zero attached hydrogens (tertiary/aromatic N) is 2. The Hall–Kier alpha value is -2.75. The third kappa shape index (κ3) is 4.26. The third-order valence-electron chi connectivity index (χ3n) is 3.55. The van der Waals surface area contributed by atoms with E-state index >= 15 is 0 Å². The number of hydrogen-bond acceptors (Lipinski definition) is 6. The van der Waals surface area contributed by atoms with Crippen molar-refractivity contribution in [2.75, 3.05) is 12.3 Å². The topological polar surface area (TPSA) is 107 Å². The minimum absolute atomic E-state index is 0.118. The van der Waals surface area contributed by atoms with Gasteiger partial charge in [0, 0.05) is 8.96 Å². The van der Waals surface area contributed by atoms with E-state index in [9.17, 15) is 9.59 Å². The van der Waals surface area contributed by atoms with E-state index < -0.39 is 5.97 Å². The number of benzene rings is 2. The van der Waals surface area contributed by atoms with Gasteiger partial charge >= 0.3 is 5.97 Å². The molecule has 0 radical (unpaired) electrons. The van der Waals surface area contributed by atoms with Crippen molar-refractivity contribution in [2.24, 2.45) is 0 Å². The zero-order chi connectivity index (χ0) is 18.5. The number of hydrogen-bond donors (Lipinski definition) is 2. The van der Waals surface area contributed by atoms with E-state index in [-0.39, 0.29) is 19.1 Å². The van der Waals surface area contributed by atoms with Crippen molar-refractivity contribution >= 4 is 51.2 Å². The average molecular weight is 462 g/mol. The number of esters is 1. The monoisotopic (exact) mass is 462 g/mol. The smallest absolute Gasteiger partial charge is 0.325 e. The Labute approximate surface area is 163 Å². The predicted octanol–water partition coefficient (Wildman–Crippen LogP) is 2.29. The van der Waals surface area contributed by atoms with Gasteiger partial charge in [0.2, 0.25) is 0 Å². The second kappa shape index (κ2) is 8.09. The van der Waals surface area contributed by atoms with Crippen molar-refractivity contribution in [1.29, 1.82) is 0 Å². The summed E-state index contributed by atoms with van der Waals surface area (Å²) in [6.45, 7) is -0.362. The summed E-state index contributed by atoms with van der Waals surface area (Å²) in [7, 11) is 0. The summed E-state index contributed by atoms with van der Waals surface area (Å²) in [6, 6.07) is 14.4. The Kier molecular flexibility index (Phi) is 5.61. The molecule has 0 saturated carbocycles. The number of rotatable bonds is 5. The van der Waals surface area contributed by atoms with E-state index in [0.29, 0.717) is 22.7 Å². The van der Waals surface area contributed by atoms with Crippen LogP contribution in [0, 0.1) is 3.57 Å². The van der Waals surface area contributed by atoms with Gasteiger partial charge in [-0.15, -0.1) is 0 Å². The normalized spacial score (nSPS) is 10.5. The first-order chi connectivity index (χ1) is 12.5. The van der Waals surface area contributed by atoms with Crippen molar-refractivity contribution in [3.63, 3.8) is 0 Å². The Bertz CT molecular complexity index is 978. The van der Waals surface area contributed by atoms with Gasteiger partial charge in [-0.2, -0.15) is 0 Å². The van der Waals surface area contributed by atoms with Gasteiger partial charge in [0.15, 0.2) is 12.4 Å². The number of halogens is 1. The molecule has 7 nitrogen and oxygen atoms in total. The van der Waals surface area contributed by atoms with E-state index in [1.807, 2.05) is 30.3 Å². The van der Waals surface area contributed by atoms with Gasteiger partial charge in [0.05, 0.1) is 11.1 Å². The van der Waals surface area contributed by atoms with Crippen LogP contribution in [0.4, 0.5) is 5.82 Å². The standard InChI is InChI=1S/C18H15IN4O3/c19-13-7-3-1-5-11(13)18(25)21-9-16(24)26-10-15-22-14-8-4-2-6-12(14)17(20)23-15/h1-8H,9-10H2,(H,21,25)(H2,20,22,23). The predicted molar refractivity (Wildman–Crippen MR) is 105 cm³/mol. The fourth-order valence-electron chi connectivity index (χ4n) is 2.30. The Balaban J connectivity index is 1.56. The molecule has 3 N–H and O–H groups in total. The number of amides is 1. The van der Waals surface area contributed by atoms with E-state index in [2.05, 4.69) is 37.9 Å². The number of nitrogens with one attached hydrogen (secondary N) is 1. The molecule has 0 aliphatic heterocycles. The van der Waals surface area contributed by atoms with Gasteiger partial charge in [-0.05, 0) is 46.9 Å². The largest absolute Gasteiger partial charge is 0.456 e. The Morgan fingerprint density at radius 3 is 2.62 bits per heavy atom. The van der Waals surface area contributed by atoms with Gasteiger partial charge in [0.25, 0.3) is 5.91 Å². The summed E-state index contributed by atoms with van der Waals surface area (Å²) in [5.74, 6) is -0.287. The van der Waals surface area contributed by atoms with Crippen molar-refractivity contribution in [3.05, 3.63) is 63.5 Å². The summed E-state index contributed by atoms with van der Waals surface area (Å²) in [5.41, 5.74) is 7.08. The molecule has 8 heteroatoms. The van der Waals surface area contributed by atoms with Crippen molar-refractivity contribution in [1.82, 2.24) is 15.3 Å². The molecule has 0 aliphatic rings. The van der Waals surface area contributed by atoms with Crippen LogP contribution in [0.25, 0.3) is 10.9 Å². The molecule has 1 amide bonds. The first-order valence-electron chi connectivity index (χ1n) is 7.74. The van der Waals surface area contributed by atoms with Gasteiger partial charge in [-0.25, -0.2) is 9.97 Å². The van der Waals surface area contributed by atoms with Crippen molar-refractivity contribution in [2.45, 2.75) is 6.61 Å². The molecule has 0 unspecified atom stereocenters. The lowest BCUT2D eigenvalue weighted by Crippen LogP contribution is -2.31. The summed E-state index contributed by atoms with van der Waals surface area (Å²) in [5, 5.41) is 3.28. The average Bonchev–Trinajstić information content (AvgIpc) is 2.65. The molecule has 1 aromatic heterocycles. The fourth-order valence-corrected chi connectivity index (χ4v) is 2.94. The molecule has 0 atom stereocenters. The van der Waals surface area contributed by atoms with Crippen LogP contribution in [0.3, 0.4) is 0 Å². The molecular weight excluding hydrogens is 447 g/mol. The molecule has 3 rings (SSSR count). The molecule has 26 heavy (non-hydrogen) atoms. The molecule has 2 aromatic carbocycles. The van der Waals surface area contributed by atoms with Crippen LogP contribution in [0.1, 0.15) is 16.2 Å². The fraction of sp³-hybridized carbons (Fsp3) is 0.111. The highest BCUT2D eigenvalue weighted by Crippen LogP contribution is 2.17. The van der Waals surface area contributed by atoms with E-state index in [4.69, 9.17) is 10.5 Å². The van der Waals surface area contributed by atoms with Gasteiger partial charge in [0.1, 0.15) is 12.4 Å². The second-order valence-electron chi connectivity index (χ2n) is 5.37. The zero-order valence-electron chi connectivity index (χ0n) is 13.6. The van der Waals surface area contributed by atoms with Crippen LogP contribution in [0.2, 0.25) is 0 Å². The molecule has 0 aliphatic carbocycles. The second-order valence-corrected chi connectivity index (χ2v) is 6.53. The SMILES string of the molecule is Nc1nc(COC(=O)CNC(=O)c2ccccc2I)nc2ccccc12. The van der Waals surface area contributed by atoms with Crippen molar-refractivity contribution < 1.29 is 14.3 Å². The maximum Gasteiger partial charge on any atom is 0.325 e. The minimum atomic E-state index is -0.584. The zero-order valence-corrected chi connectivity index (χ0v) is 15.8. The van der Waals surface area contributed by atoms with E-state index in [1.165, 1.54) is 0 Å². The molecule has 0 bridgehead atoms. The summed E-state index contributed by atoms with van der Waals surface area (Å²) < 4.78 is 5.91. The summed E-state index contributed by atoms with van der Waals surface area (Å²) in [6.07, 6.45) is 0. The van der Waals surface area contributed by atoms with Crippen LogP contribution in [-0.4, -0.2) is 28.4 Å². The van der Waals surface area contributed by atoms with Crippen LogP contribution < -0.4 is 11.1 Å². The lowest BCUT2D eigenvalue weighted by Gasteiger charge is -2.08. The summed E-state index contributed by atoms with van der Waals surface area (Å²) >= 11 is 2.06. The summed E-state index contributed by atoms with van der Waals surface area (Å²) in [4.78, 5) is 32.4. The van der Waals surface area contributed by atoms with Gasteiger partial charge in [-0.3, -0.25) is 9.59 Å². The number of fused-ring (bicyclic) bond motifs is 1. The first-order valence-corrected chi connectivity index (χ1v) is 8.82. The van der Waals surface area contributed by atoms with Gasteiger partial charge < -0.3 is 15.8 Å². The highest BCUT2D eigenvalue weighted by Gasteiger charge is 2.12. The number of nitrogen functional groups attached to an aromatic ring is 1. The van der Waals surface area contributed by atoms with Crippen molar-refractivity contribution in [3.8, 4) is 0 Å². The first kappa shape index (κ1) is 18.1. The number of ether oxygens (including phenoxy) is 1. The van der Waals surface area contributed by atoms with Crippen LogP contribution in [0.5, 0.6) is 0 Å². The van der Waals surface area contributed by atoms with Crippen LogP contribution >= 0.6 is 22.6 Å². The number of aromatic nitrogens is 2. The number of nitrogens with two attached hydrogens (primary N) is 1.